The molecule has 0 radical (unpaired) electrons. The molecule has 1 fully saturated rings. The van der Waals surface area contributed by atoms with Crippen LogP contribution in [-0.4, -0.2) is 66.0 Å². The number of hydrogen-bond donors (Lipinski definition) is 1. The van der Waals surface area contributed by atoms with Gasteiger partial charge in [-0.3, -0.25) is 14.4 Å². The summed E-state index contributed by atoms with van der Waals surface area (Å²) in [7, 11) is 1.36. The van der Waals surface area contributed by atoms with E-state index in [0.29, 0.717) is 26.2 Å². The van der Waals surface area contributed by atoms with Gasteiger partial charge in [0.05, 0.1) is 13.5 Å². The summed E-state index contributed by atoms with van der Waals surface area (Å²) in [6, 6.07) is 4.07. The first-order valence-electron chi connectivity index (χ1n) is 8.75. The molecule has 2 rings (SSSR count). The second-order valence-electron chi connectivity index (χ2n) is 7.43. The van der Waals surface area contributed by atoms with Gasteiger partial charge in [-0.2, -0.15) is 0 Å². The molecule has 1 aliphatic heterocycles. The predicted molar refractivity (Wildman–Crippen MR) is 96.1 cm³/mol. The van der Waals surface area contributed by atoms with E-state index in [1.54, 1.807) is 23.6 Å². The molecule has 7 nitrogen and oxygen atoms in total. The Labute approximate surface area is 157 Å². The molecule has 0 bridgehead atoms. The van der Waals surface area contributed by atoms with Gasteiger partial charge in [-0.05, 0) is 23.6 Å². The van der Waals surface area contributed by atoms with Crippen LogP contribution in [0.15, 0.2) is 18.2 Å². The van der Waals surface area contributed by atoms with Crippen molar-refractivity contribution in [1.29, 1.82) is 0 Å². The topological polar surface area (TPSA) is 87.2 Å². The van der Waals surface area contributed by atoms with Crippen LogP contribution in [0, 0.1) is 11.2 Å². The molecular formula is C19H25FN2O5. The Morgan fingerprint density at radius 3 is 2.22 bits per heavy atom. The number of nitrogens with zero attached hydrogens (tertiary/aromatic N) is 2. The monoisotopic (exact) mass is 380 g/mol. The average molecular weight is 380 g/mol. The fraction of sp³-hybridized carbons (Fsp3) is 0.526. The van der Waals surface area contributed by atoms with Gasteiger partial charge in [0.25, 0.3) is 5.91 Å². The van der Waals surface area contributed by atoms with E-state index in [-0.39, 0.29) is 36.0 Å². The average Bonchev–Trinajstić information content (AvgIpc) is 2.59. The zero-order valence-electron chi connectivity index (χ0n) is 15.8. The molecule has 27 heavy (non-hydrogen) atoms. The maximum Gasteiger partial charge on any atom is 0.303 e. The fourth-order valence-electron chi connectivity index (χ4n) is 3.13. The number of ether oxygens (including phenoxy) is 1. The zero-order valence-corrected chi connectivity index (χ0v) is 15.8. The van der Waals surface area contributed by atoms with Gasteiger partial charge >= 0.3 is 5.97 Å². The van der Waals surface area contributed by atoms with E-state index < -0.39 is 17.2 Å². The van der Waals surface area contributed by atoms with Crippen molar-refractivity contribution in [3.8, 4) is 5.75 Å². The van der Waals surface area contributed by atoms with E-state index in [0.717, 1.165) is 6.07 Å². The van der Waals surface area contributed by atoms with Gasteiger partial charge in [0, 0.05) is 38.2 Å². The molecule has 0 saturated carbocycles. The number of hydrogen-bond acceptors (Lipinski definition) is 4. The molecule has 2 amide bonds. The maximum absolute atomic E-state index is 13.8. The molecule has 0 spiro atoms. The molecule has 0 atom stereocenters. The second kappa shape index (κ2) is 8.37. The van der Waals surface area contributed by atoms with Crippen molar-refractivity contribution in [3.05, 3.63) is 29.6 Å². The van der Waals surface area contributed by atoms with Crippen LogP contribution in [0.3, 0.4) is 0 Å². The Bertz CT molecular complexity index is 727. The number of carboxylic acid groups (broad SMARTS) is 1. The van der Waals surface area contributed by atoms with Crippen molar-refractivity contribution in [2.45, 2.75) is 26.7 Å². The van der Waals surface area contributed by atoms with Gasteiger partial charge in [0.15, 0.2) is 11.6 Å². The Morgan fingerprint density at radius 2 is 1.70 bits per heavy atom. The third kappa shape index (κ3) is 5.42. The van der Waals surface area contributed by atoms with E-state index in [1.807, 2.05) is 0 Å². The summed E-state index contributed by atoms with van der Waals surface area (Å²) in [4.78, 5) is 39.1. The van der Waals surface area contributed by atoms with Crippen LogP contribution in [0.2, 0.25) is 0 Å². The number of benzene rings is 1. The van der Waals surface area contributed by atoms with Gasteiger partial charge in [0.2, 0.25) is 5.91 Å². The normalized spacial score (nSPS) is 14.8. The highest BCUT2D eigenvalue weighted by atomic mass is 19.1. The van der Waals surface area contributed by atoms with E-state index in [4.69, 9.17) is 9.84 Å². The summed E-state index contributed by atoms with van der Waals surface area (Å²) in [6.07, 6.45) is 0.0527. The highest BCUT2D eigenvalue weighted by Gasteiger charge is 2.30. The Morgan fingerprint density at radius 1 is 1.11 bits per heavy atom. The summed E-state index contributed by atoms with van der Waals surface area (Å²) in [5.41, 5.74) is -0.396. The molecule has 148 valence electrons. The lowest BCUT2D eigenvalue weighted by Crippen LogP contribution is -2.51. The minimum atomic E-state index is -0.935. The lowest BCUT2D eigenvalue weighted by atomic mass is 9.85. The van der Waals surface area contributed by atoms with Crippen LogP contribution in [0.4, 0.5) is 4.39 Å². The predicted octanol–water partition coefficient (Wildman–Crippen LogP) is 2.01. The van der Waals surface area contributed by atoms with Crippen molar-refractivity contribution in [2.75, 3.05) is 33.3 Å². The number of carbonyl (C=O) groups excluding carboxylic acids is 2. The Kier molecular flexibility index (Phi) is 6.41. The summed E-state index contributed by atoms with van der Waals surface area (Å²) in [6.45, 7) is 4.92. The maximum atomic E-state index is 13.8. The van der Waals surface area contributed by atoms with Crippen molar-refractivity contribution < 1.29 is 28.6 Å². The Balaban J connectivity index is 1.92. The van der Waals surface area contributed by atoms with Gasteiger partial charge in [-0.25, -0.2) is 4.39 Å². The van der Waals surface area contributed by atoms with E-state index in [9.17, 15) is 18.8 Å². The highest BCUT2D eigenvalue weighted by molar-refractivity contribution is 5.94. The van der Waals surface area contributed by atoms with Gasteiger partial charge < -0.3 is 19.6 Å². The standard InChI is InChI=1S/C19H25FN2O5/c1-19(2,12-17(24)25)11-16(23)21-6-8-22(9-7-21)18(26)13-4-5-15(27-3)14(20)10-13/h4-5,10H,6-9,11-12H2,1-3H3,(H,24,25). The minimum absolute atomic E-state index is 0.0749. The molecule has 1 heterocycles. The fourth-order valence-corrected chi connectivity index (χ4v) is 3.13. The molecule has 0 aliphatic carbocycles. The number of halogens is 1. The second-order valence-corrected chi connectivity index (χ2v) is 7.43. The number of rotatable bonds is 6. The molecule has 1 aromatic carbocycles. The first-order valence-corrected chi connectivity index (χ1v) is 8.75. The third-order valence-electron chi connectivity index (χ3n) is 4.58. The number of carboxylic acids is 1. The highest BCUT2D eigenvalue weighted by Crippen LogP contribution is 2.26. The van der Waals surface area contributed by atoms with Crippen molar-refractivity contribution >= 4 is 17.8 Å². The number of amides is 2. The van der Waals surface area contributed by atoms with Gasteiger partial charge in [-0.1, -0.05) is 13.8 Å². The van der Waals surface area contributed by atoms with Crippen LogP contribution >= 0.6 is 0 Å². The zero-order chi connectivity index (χ0) is 20.2. The molecule has 1 aliphatic rings. The molecular weight excluding hydrogens is 355 g/mol. The van der Waals surface area contributed by atoms with Crippen LogP contribution in [0.1, 0.15) is 37.0 Å². The lowest BCUT2D eigenvalue weighted by molar-refractivity contribution is -0.141. The van der Waals surface area contributed by atoms with E-state index in [1.165, 1.54) is 19.2 Å². The number of carbonyl (C=O) groups is 3. The van der Waals surface area contributed by atoms with E-state index in [2.05, 4.69) is 0 Å². The quantitative estimate of drug-likeness (QED) is 0.816. The molecule has 0 unspecified atom stereocenters. The summed E-state index contributed by atoms with van der Waals surface area (Å²) >= 11 is 0. The smallest absolute Gasteiger partial charge is 0.303 e. The molecule has 1 saturated heterocycles. The largest absolute Gasteiger partial charge is 0.494 e. The third-order valence-corrected chi connectivity index (χ3v) is 4.58. The molecule has 0 aromatic heterocycles. The first-order chi connectivity index (χ1) is 12.6. The van der Waals surface area contributed by atoms with Crippen molar-refractivity contribution in [2.24, 2.45) is 5.41 Å². The van der Waals surface area contributed by atoms with Gasteiger partial charge in [0.1, 0.15) is 0 Å². The van der Waals surface area contributed by atoms with Crippen molar-refractivity contribution in [1.82, 2.24) is 9.80 Å². The minimum Gasteiger partial charge on any atom is -0.494 e. The van der Waals surface area contributed by atoms with Gasteiger partial charge in [-0.15, -0.1) is 0 Å². The van der Waals surface area contributed by atoms with Crippen LogP contribution in [0.25, 0.3) is 0 Å². The first kappa shape index (κ1) is 20.7. The summed E-state index contributed by atoms with van der Waals surface area (Å²) in [5, 5.41) is 8.93. The Hall–Kier alpha value is -2.64. The van der Waals surface area contributed by atoms with Crippen LogP contribution in [-0.2, 0) is 9.59 Å². The molecule has 8 heteroatoms. The van der Waals surface area contributed by atoms with E-state index >= 15 is 0 Å². The van der Waals surface area contributed by atoms with Crippen molar-refractivity contribution in [3.63, 3.8) is 0 Å². The van der Waals surface area contributed by atoms with Crippen LogP contribution < -0.4 is 4.74 Å². The number of piperazine rings is 1. The number of aliphatic carboxylic acids is 1. The SMILES string of the molecule is COc1ccc(C(=O)N2CCN(C(=O)CC(C)(C)CC(=O)O)CC2)cc1F. The molecule has 1 N–H and O–H groups in total. The summed E-state index contributed by atoms with van der Waals surface area (Å²) < 4.78 is 18.7. The number of methoxy groups -OCH3 is 1. The summed E-state index contributed by atoms with van der Waals surface area (Å²) in [5.74, 6) is -1.88. The lowest BCUT2D eigenvalue weighted by Gasteiger charge is -2.36. The molecule has 1 aromatic rings. The van der Waals surface area contributed by atoms with Crippen LogP contribution in [0.5, 0.6) is 5.75 Å².